The van der Waals surface area contributed by atoms with E-state index in [-0.39, 0.29) is 5.91 Å². The summed E-state index contributed by atoms with van der Waals surface area (Å²) in [6, 6.07) is 1.78. The highest BCUT2D eigenvalue weighted by molar-refractivity contribution is 7.15. The molecule has 0 unspecified atom stereocenters. The first-order valence-electron chi connectivity index (χ1n) is 7.80. The largest absolute Gasteiger partial charge is 0.296 e. The molecule has 0 spiro atoms. The Balaban J connectivity index is 1.93. The minimum atomic E-state index is -0.214. The number of nitrogens with zero attached hydrogens (tertiary/aromatic N) is 5. The second-order valence-electron chi connectivity index (χ2n) is 6.27. The second-order valence-corrected chi connectivity index (χ2v) is 7.33. The molecule has 0 aliphatic rings. The van der Waals surface area contributed by atoms with Crippen molar-refractivity contribution in [2.45, 2.75) is 34.1 Å². The smallest absolute Gasteiger partial charge is 0.258 e. The van der Waals surface area contributed by atoms with Gasteiger partial charge in [-0.05, 0) is 25.8 Å². The van der Waals surface area contributed by atoms with Crippen molar-refractivity contribution in [1.82, 2.24) is 25.0 Å². The van der Waals surface area contributed by atoms with Crippen LogP contribution in [0.1, 0.15) is 40.6 Å². The van der Waals surface area contributed by atoms with E-state index >= 15 is 0 Å². The monoisotopic (exact) mass is 344 g/mol. The first-order chi connectivity index (χ1) is 11.3. The Morgan fingerprint density at radius 1 is 1.33 bits per heavy atom. The van der Waals surface area contributed by atoms with Gasteiger partial charge in [0.05, 0.1) is 16.6 Å². The van der Waals surface area contributed by atoms with Gasteiger partial charge in [-0.1, -0.05) is 25.2 Å². The van der Waals surface area contributed by atoms with Crippen molar-refractivity contribution in [1.29, 1.82) is 0 Å². The van der Waals surface area contributed by atoms with Crippen LogP contribution in [0.3, 0.4) is 0 Å². The van der Waals surface area contributed by atoms with Crippen LogP contribution in [0.5, 0.6) is 0 Å². The molecule has 3 aromatic heterocycles. The van der Waals surface area contributed by atoms with Crippen LogP contribution in [0.2, 0.25) is 0 Å². The minimum absolute atomic E-state index is 0.214. The molecule has 7 nitrogen and oxygen atoms in total. The zero-order valence-corrected chi connectivity index (χ0v) is 15.2. The van der Waals surface area contributed by atoms with E-state index in [0.717, 1.165) is 28.2 Å². The van der Waals surface area contributed by atoms with Gasteiger partial charge in [0.25, 0.3) is 5.91 Å². The molecule has 126 valence electrons. The van der Waals surface area contributed by atoms with Crippen LogP contribution in [-0.4, -0.2) is 30.9 Å². The van der Waals surface area contributed by atoms with Gasteiger partial charge in [-0.25, -0.2) is 4.98 Å². The molecule has 0 aromatic carbocycles. The highest BCUT2D eigenvalue weighted by Crippen LogP contribution is 2.24. The summed E-state index contributed by atoms with van der Waals surface area (Å²) in [6.45, 7) is 7.99. The van der Waals surface area contributed by atoms with Crippen LogP contribution in [0, 0.1) is 19.8 Å². The van der Waals surface area contributed by atoms with Crippen molar-refractivity contribution < 1.29 is 4.79 Å². The van der Waals surface area contributed by atoms with Gasteiger partial charge in [-0.15, -0.1) is 10.2 Å². The summed E-state index contributed by atoms with van der Waals surface area (Å²) < 4.78 is 1.69. The van der Waals surface area contributed by atoms with E-state index in [0.29, 0.717) is 22.3 Å². The van der Waals surface area contributed by atoms with Crippen molar-refractivity contribution in [3.05, 3.63) is 28.0 Å². The second kappa shape index (κ2) is 6.27. The lowest BCUT2D eigenvalue weighted by Crippen LogP contribution is -2.13. The number of aryl methyl sites for hydroxylation is 3. The Morgan fingerprint density at radius 3 is 2.79 bits per heavy atom. The van der Waals surface area contributed by atoms with Gasteiger partial charge < -0.3 is 0 Å². The lowest BCUT2D eigenvalue weighted by Gasteiger charge is -2.05. The van der Waals surface area contributed by atoms with E-state index in [2.05, 4.69) is 39.4 Å². The first-order valence-corrected chi connectivity index (χ1v) is 8.61. The number of amides is 1. The average molecular weight is 344 g/mol. The molecule has 0 radical (unpaired) electrons. The van der Waals surface area contributed by atoms with Crippen molar-refractivity contribution in [3.8, 4) is 0 Å². The lowest BCUT2D eigenvalue weighted by atomic mass is 10.1. The lowest BCUT2D eigenvalue weighted by molar-refractivity contribution is 0.102. The third-order valence-electron chi connectivity index (χ3n) is 3.61. The number of rotatable bonds is 4. The number of nitrogens with one attached hydrogen (secondary N) is 1. The summed E-state index contributed by atoms with van der Waals surface area (Å²) in [4.78, 5) is 17.2. The number of hydrogen-bond acceptors (Lipinski definition) is 6. The standard InChI is InChI=1S/C16H20N6OS/c1-8(2)6-12-19-20-16(24-12)18-15(23)11-7-9(3)17-14-13(11)10(4)21-22(14)5/h7-8H,6H2,1-5H3,(H,18,20,23). The highest BCUT2D eigenvalue weighted by atomic mass is 32.1. The maximum atomic E-state index is 12.7. The summed E-state index contributed by atoms with van der Waals surface area (Å²) >= 11 is 1.41. The van der Waals surface area contributed by atoms with Crippen molar-refractivity contribution in [2.75, 3.05) is 5.32 Å². The number of anilines is 1. The SMILES string of the molecule is Cc1cc(C(=O)Nc2nnc(CC(C)C)s2)c2c(C)nn(C)c2n1. The highest BCUT2D eigenvalue weighted by Gasteiger charge is 2.19. The molecule has 0 fully saturated rings. The third kappa shape index (κ3) is 3.14. The maximum absolute atomic E-state index is 12.7. The van der Waals surface area contributed by atoms with E-state index in [4.69, 9.17) is 0 Å². The summed E-state index contributed by atoms with van der Waals surface area (Å²) in [6.07, 6.45) is 0.855. The van der Waals surface area contributed by atoms with Crippen molar-refractivity contribution >= 4 is 33.4 Å². The Hall–Kier alpha value is -2.35. The molecule has 0 aliphatic heterocycles. The molecule has 0 saturated carbocycles. The maximum Gasteiger partial charge on any atom is 0.258 e. The zero-order valence-electron chi connectivity index (χ0n) is 14.4. The number of carbonyl (C=O) groups excluding carboxylic acids is 1. The third-order valence-corrected chi connectivity index (χ3v) is 4.47. The first kappa shape index (κ1) is 16.5. The van der Waals surface area contributed by atoms with Crippen LogP contribution in [0.4, 0.5) is 5.13 Å². The quantitative estimate of drug-likeness (QED) is 0.786. The van der Waals surface area contributed by atoms with Crippen molar-refractivity contribution in [2.24, 2.45) is 13.0 Å². The van der Waals surface area contributed by atoms with Gasteiger partial charge in [0, 0.05) is 19.2 Å². The molecule has 3 heterocycles. The fourth-order valence-electron chi connectivity index (χ4n) is 2.65. The molecular formula is C16H20N6OS. The molecule has 24 heavy (non-hydrogen) atoms. The van der Waals surface area contributed by atoms with Crippen molar-refractivity contribution in [3.63, 3.8) is 0 Å². The number of aromatic nitrogens is 5. The number of carbonyl (C=O) groups is 1. The molecule has 8 heteroatoms. The van der Waals surface area contributed by atoms with E-state index in [1.807, 2.05) is 20.9 Å². The number of fused-ring (bicyclic) bond motifs is 1. The Bertz CT molecular complexity index is 911. The van der Waals surface area contributed by atoms with Gasteiger partial charge in [0.1, 0.15) is 5.01 Å². The summed E-state index contributed by atoms with van der Waals surface area (Å²) in [5, 5.41) is 17.6. The van der Waals surface area contributed by atoms with Gasteiger partial charge in [0.15, 0.2) is 5.65 Å². The predicted molar refractivity (Wildman–Crippen MR) is 94.4 cm³/mol. The molecular weight excluding hydrogens is 324 g/mol. The molecule has 0 bridgehead atoms. The van der Waals surface area contributed by atoms with Gasteiger partial charge >= 0.3 is 0 Å². The fraction of sp³-hybridized carbons (Fsp3) is 0.438. The molecule has 0 atom stereocenters. The predicted octanol–water partition coefficient (Wildman–Crippen LogP) is 2.89. The molecule has 0 saturated heterocycles. The van der Waals surface area contributed by atoms with E-state index in [1.54, 1.807) is 10.7 Å². The van der Waals surface area contributed by atoms with E-state index in [1.165, 1.54) is 11.3 Å². The van der Waals surface area contributed by atoms with Crippen LogP contribution in [0.15, 0.2) is 6.07 Å². The molecule has 3 rings (SSSR count). The van der Waals surface area contributed by atoms with Crippen LogP contribution in [-0.2, 0) is 13.5 Å². The molecule has 1 N–H and O–H groups in total. The van der Waals surface area contributed by atoms with Crippen LogP contribution < -0.4 is 5.32 Å². The molecule has 1 amide bonds. The van der Waals surface area contributed by atoms with Crippen LogP contribution in [0.25, 0.3) is 11.0 Å². The summed E-state index contributed by atoms with van der Waals surface area (Å²) in [5.74, 6) is 0.288. The van der Waals surface area contributed by atoms with Gasteiger partial charge in [-0.3, -0.25) is 14.8 Å². The summed E-state index contributed by atoms with van der Waals surface area (Å²) in [5.41, 5.74) is 2.82. The van der Waals surface area contributed by atoms with E-state index in [9.17, 15) is 4.79 Å². The number of hydrogen-bond donors (Lipinski definition) is 1. The normalized spacial score (nSPS) is 11.4. The average Bonchev–Trinajstić information content (AvgIpc) is 3.02. The van der Waals surface area contributed by atoms with Gasteiger partial charge in [-0.2, -0.15) is 5.10 Å². The zero-order chi connectivity index (χ0) is 17.4. The number of pyridine rings is 1. The fourth-order valence-corrected chi connectivity index (χ4v) is 3.60. The topological polar surface area (TPSA) is 85.6 Å². The van der Waals surface area contributed by atoms with E-state index < -0.39 is 0 Å². The summed E-state index contributed by atoms with van der Waals surface area (Å²) in [7, 11) is 1.83. The molecule has 3 aromatic rings. The van der Waals surface area contributed by atoms with Gasteiger partial charge in [0.2, 0.25) is 5.13 Å². The molecule has 0 aliphatic carbocycles. The van der Waals surface area contributed by atoms with Crippen LogP contribution >= 0.6 is 11.3 Å². The Kier molecular flexibility index (Phi) is 4.31. The minimum Gasteiger partial charge on any atom is -0.296 e. The Labute approximate surface area is 144 Å². The Morgan fingerprint density at radius 2 is 2.08 bits per heavy atom.